The van der Waals surface area contributed by atoms with E-state index in [0.29, 0.717) is 0 Å². The van der Waals surface area contributed by atoms with Gasteiger partial charge in [-0.1, -0.05) is 0 Å². The summed E-state index contributed by atoms with van der Waals surface area (Å²) in [5.74, 6) is 0.723. The van der Waals surface area contributed by atoms with E-state index in [2.05, 4.69) is 68.6 Å². The molecule has 1 fully saturated rings. The van der Waals surface area contributed by atoms with Crippen LogP contribution in [0.1, 0.15) is 78.1 Å². The minimum absolute atomic E-state index is 0. The van der Waals surface area contributed by atoms with E-state index in [1.165, 1.54) is 56.1 Å². The second-order valence-electron chi connectivity index (χ2n) is 8.81. The third kappa shape index (κ3) is 5.80. The standard InChI is InChI=1S/C24H27.C2H6Si.2ClH.Zr/c1-2-7-18-16-22-10-6-11-23(24(22)17-18)21-14-12-20(13-15-21)19-8-4-3-5-9-19;1-3-2;;;/h6,10-17,19H,2-5,7-9H2,1H3;1-2H3;2*1H;/q;;;;+2/p-2. The Morgan fingerprint density at radius 1 is 0.933 bits per heavy atom. The molecule has 1 unspecified atom stereocenters. The molecule has 1 atom stereocenters. The SMILES string of the molecule is CCCC1=Cc2c(-c3ccc(C4CCCCC4)cc3)cccc2[CH]1[Zr+2][Si](C)C.[Cl-].[Cl-]. The van der Waals surface area contributed by atoms with Crippen LogP contribution in [0, 0.1) is 0 Å². The number of allylic oxidation sites excluding steroid dienone is 1. The van der Waals surface area contributed by atoms with Crippen LogP contribution in [0.4, 0.5) is 0 Å². The molecule has 2 aliphatic carbocycles. The van der Waals surface area contributed by atoms with Gasteiger partial charge in [-0.05, 0) is 0 Å². The minimum Gasteiger partial charge on any atom is -1.00 e. The van der Waals surface area contributed by atoms with Crippen LogP contribution in [0.3, 0.4) is 0 Å². The second kappa shape index (κ2) is 12.2. The fourth-order valence-electron chi connectivity index (χ4n) is 5.05. The summed E-state index contributed by atoms with van der Waals surface area (Å²) in [6.07, 6.45) is 12.2. The van der Waals surface area contributed by atoms with Gasteiger partial charge in [-0.3, -0.25) is 0 Å². The molecule has 2 aliphatic rings. The largest absolute Gasteiger partial charge is 1.00 e. The van der Waals surface area contributed by atoms with Crippen molar-refractivity contribution >= 4 is 12.0 Å². The van der Waals surface area contributed by atoms with E-state index < -0.39 is 0 Å². The smallest absolute Gasteiger partial charge is 1.00 e. The molecule has 0 amide bonds. The maximum absolute atomic E-state index is 2.58. The number of fused-ring (bicyclic) bond motifs is 1. The van der Waals surface area contributed by atoms with Gasteiger partial charge in [0.2, 0.25) is 0 Å². The van der Waals surface area contributed by atoms with E-state index in [0.717, 1.165) is 9.54 Å². The molecule has 1 radical (unpaired) electrons. The molecule has 0 saturated heterocycles. The molecule has 0 bridgehead atoms. The molecule has 0 aromatic heterocycles. The topological polar surface area (TPSA) is 0 Å². The van der Waals surface area contributed by atoms with Gasteiger partial charge >= 0.3 is 185 Å². The Morgan fingerprint density at radius 2 is 1.63 bits per heavy atom. The first-order valence-electron chi connectivity index (χ1n) is 11.2. The predicted molar refractivity (Wildman–Crippen MR) is 121 cm³/mol. The van der Waals surface area contributed by atoms with Crippen LogP contribution in [0.25, 0.3) is 17.2 Å². The van der Waals surface area contributed by atoms with Crippen molar-refractivity contribution in [3.63, 3.8) is 0 Å². The zero-order valence-electron chi connectivity index (χ0n) is 18.5. The Hall–Kier alpha value is -0.140. The van der Waals surface area contributed by atoms with Gasteiger partial charge in [0.1, 0.15) is 0 Å². The molecule has 2 aromatic carbocycles. The van der Waals surface area contributed by atoms with Gasteiger partial charge in [0.05, 0.1) is 0 Å². The van der Waals surface area contributed by atoms with Gasteiger partial charge in [-0.15, -0.1) is 0 Å². The third-order valence-corrected chi connectivity index (χ3v) is 15.3. The summed E-state index contributed by atoms with van der Waals surface area (Å²) in [5.41, 5.74) is 9.40. The fraction of sp³-hybridized carbons (Fsp3) is 0.462. The molecule has 159 valence electrons. The van der Waals surface area contributed by atoms with E-state index in [4.69, 9.17) is 0 Å². The normalized spacial score (nSPS) is 18.1. The minimum atomic E-state index is -0.351. The van der Waals surface area contributed by atoms with Crippen molar-refractivity contribution in [2.45, 2.75) is 74.5 Å². The molecule has 1 saturated carbocycles. The Labute approximate surface area is 208 Å². The maximum atomic E-state index is 2.58. The Kier molecular flexibility index (Phi) is 10.6. The van der Waals surface area contributed by atoms with Gasteiger partial charge in [0.15, 0.2) is 0 Å². The van der Waals surface area contributed by atoms with Crippen molar-refractivity contribution in [1.29, 1.82) is 0 Å². The molecular formula is C26H33Cl2SiZr. The maximum Gasteiger partial charge on any atom is -1.00 e. The summed E-state index contributed by atoms with van der Waals surface area (Å²) in [7, 11) is 0. The molecule has 0 heterocycles. The Morgan fingerprint density at radius 3 is 2.27 bits per heavy atom. The molecule has 0 nitrogen and oxygen atoms in total. The molecule has 4 heteroatoms. The summed E-state index contributed by atoms with van der Waals surface area (Å²) in [6, 6.07) is 16.7. The predicted octanol–water partition coefficient (Wildman–Crippen LogP) is 1.98. The van der Waals surface area contributed by atoms with Gasteiger partial charge in [0, 0.05) is 0 Å². The average Bonchev–Trinajstić information content (AvgIpc) is 3.06. The first kappa shape index (κ1) is 26.1. The van der Waals surface area contributed by atoms with Crippen molar-refractivity contribution in [1.82, 2.24) is 0 Å². The number of hydrogen-bond donors (Lipinski definition) is 0. The number of hydrogen-bond acceptors (Lipinski definition) is 0. The van der Waals surface area contributed by atoms with Crippen molar-refractivity contribution < 1.29 is 47.2 Å². The summed E-state index contributed by atoms with van der Waals surface area (Å²) in [5, 5.41) is 0. The Balaban J connectivity index is 0.00000160. The summed E-state index contributed by atoms with van der Waals surface area (Å²) in [4.78, 5) is 0. The van der Waals surface area contributed by atoms with Crippen LogP contribution in [-0.4, -0.2) is 5.92 Å². The van der Waals surface area contributed by atoms with Crippen molar-refractivity contribution in [3.05, 3.63) is 64.7 Å². The summed E-state index contributed by atoms with van der Waals surface area (Å²) >= 11 is -0.351. The average molecular weight is 536 g/mol. The van der Waals surface area contributed by atoms with Crippen molar-refractivity contribution in [2.75, 3.05) is 0 Å². The van der Waals surface area contributed by atoms with E-state index in [1.54, 1.807) is 22.3 Å². The van der Waals surface area contributed by atoms with Crippen molar-refractivity contribution in [3.8, 4) is 11.1 Å². The van der Waals surface area contributed by atoms with Gasteiger partial charge in [-0.2, -0.15) is 0 Å². The van der Waals surface area contributed by atoms with Gasteiger partial charge < -0.3 is 24.8 Å². The van der Waals surface area contributed by atoms with Crippen LogP contribution in [0.15, 0.2) is 48.0 Å². The van der Waals surface area contributed by atoms with E-state index >= 15 is 0 Å². The molecule has 0 spiro atoms. The number of rotatable bonds is 6. The van der Waals surface area contributed by atoms with Crippen LogP contribution in [0.2, 0.25) is 13.1 Å². The summed E-state index contributed by atoms with van der Waals surface area (Å²) < 4.78 is 0.837. The van der Waals surface area contributed by atoms with Crippen LogP contribution < -0.4 is 24.8 Å². The molecule has 30 heavy (non-hydrogen) atoms. The van der Waals surface area contributed by atoms with Gasteiger partial charge in [-0.25, -0.2) is 0 Å². The molecule has 0 N–H and O–H groups in total. The molecular weight excluding hydrogens is 503 g/mol. The number of benzene rings is 2. The molecule has 2 aromatic rings. The third-order valence-electron chi connectivity index (χ3n) is 6.42. The fourth-order valence-corrected chi connectivity index (χ4v) is 13.9. The summed E-state index contributed by atoms with van der Waals surface area (Å²) in [6.45, 7) is 7.40. The first-order chi connectivity index (χ1) is 13.7. The zero-order valence-corrected chi connectivity index (χ0v) is 23.4. The monoisotopic (exact) mass is 533 g/mol. The first-order valence-corrected chi connectivity index (χ1v) is 18.8. The van der Waals surface area contributed by atoms with Crippen LogP contribution in [-0.2, 0) is 22.4 Å². The van der Waals surface area contributed by atoms with E-state index in [-0.39, 0.29) is 53.1 Å². The Bertz CT molecular complexity index is 839. The number of halogens is 2. The second-order valence-corrected chi connectivity index (χ2v) is 22.0. The zero-order chi connectivity index (χ0) is 19.5. The van der Waals surface area contributed by atoms with Crippen LogP contribution >= 0.6 is 0 Å². The molecule has 0 aliphatic heterocycles. The molecule has 4 rings (SSSR count). The van der Waals surface area contributed by atoms with E-state index in [9.17, 15) is 0 Å². The quantitative estimate of drug-likeness (QED) is 0.497. The van der Waals surface area contributed by atoms with Gasteiger partial charge in [0.25, 0.3) is 0 Å². The van der Waals surface area contributed by atoms with Crippen molar-refractivity contribution in [2.24, 2.45) is 0 Å². The van der Waals surface area contributed by atoms with Crippen LogP contribution in [0.5, 0.6) is 0 Å². The van der Waals surface area contributed by atoms with E-state index in [1.807, 2.05) is 0 Å².